The molecular formula is C15H16ClF3N4S. The lowest BCUT2D eigenvalue weighted by Crippen LogP contribution is -2.45. The van der Waals surface area contributed by atoms with Crippen LogP contribution in [-0.2, 0) is 19.3 Å². The molecular weight excluding hydrogens is 361 g/mol. The molecule has 1 aliphatic rings. The van der Waals surface area contributed by atoms with Gasteiger partial charge < -0.3 is 0 Å². The van der Waals surface area contributed by atoms with Crippen LogP contribution in [0.2, 0.25) is 4.34 Å². The number of halogens is 4. The first-order valence-electron chi connectivity index (χ1n) is 7.49. The molecule has 0 atom stereocenters. The van der Waals surface area contributed by atoms with Gasteiger partial charge in [-0.05, 0) is 11.6 Å². The molecule has 0 saturated carbocycles. The summed E-state index contributed by atoms with van der Waals surface area (Å²) >= 11 is 7.19. The van der Waals surface area contributed by atoms with Gasteiger partial charge in [-0.15, -0.1) is 5.10 Å². The van der Waals surface area contributed by atoms with E-state index in [2.05, 4.69) is 19.4 Å². The van der Waals surface area contributed by atoms with Crippen molar-refractivity contribution in [3.05, 3.63) is 45.4 Å². The van der Waals surface area contributed by atoms with Crippen molar-refractivity contribution in [3.8, 4) is 0 Å². The Hall–Kier alpha value is -1.22. The van der Waals surface area contributed by atoms with Crippen LogP contribution in [-0.4, -0.2) is 45.6 Å². The molecule has 130 valence electrons. The van der Waals surface area contributed by atoms with Gasteiger partial charge in [0, 0.05) is 50.8 Å². The Labute approximate surface area is 147 Å². The van der Waals surface area contributed by atoms with Crippen molar-refractivity contribution in [3.63, 3.8) is 0 Å². The summed E-state index contributed by atoms with van der Waals surface area (Å²) in [6.45, 7) is 4.43. The van der Waals surface area contributed by atoms with E-state index in [0.29, 0.717) is 23.0 Å². The Balaban J connectivity index is 1.53. The Kier molecular flexibility index (Phi) is 5.39. The van der Waals surface area contributed by atoms with Crippen LogP contribution in [0.3, 0.4) is 0 Å². The lowest BCUT2D eigenvalue weighted by atomic mass is 10.1. The third-order valence-corrected chi connectivity index (χ3v) is 4.99. The van der Waals surface area contributed by atoms with Gasteiger partial charge in [-0.2, -0.15) is 13.2 Å². The Bertz CT molecular complexity index is 683. The van der Waals surface area contributed by atoms with Crippen LogP contribution < -0.4 is 0 Å². The molecule has 0 unspecified atom stereocenters. The highest BCUT2D eigenvalue weighted by molar-refractivity contribution is 7.10. The SMILES string of the molecule is FC(F)(F)c1cccc(CN2CCN(Cc3nnsc3Cl)CC2)c1. The van der Waals surface area contributed by atoms with Crippen LogP contribution in [0.1, 0.15) is 16.8 Å². The predicted molar refractivity (Wildman–Crippen MR) is 86.9 cm³/mol. The lowest BCUT2D eigenvalue weighted by Gasteiger charge is -2.34. The number of alkyl halides is 3. The van der Waals surface area contributed by atoms with E-state index in [1.807, 2.05) is 0 Å². The summed E-state index contributed by atoms with van der Waals surface area (Å²) in [4.78, 5) is 4.39. The van der Waals surface area contributed by atoms with Gasteiger partial charge in [0.05, 0.1) is 5.56 Å². The van der Waals surface area contributed by atoms with Crippen molar-refractivity contribution in [1.29, 1.82) is 0 Å². The van der Waals surface area contributed by atoms with Gasteiger partial charge in [-0.3, -0.25) is 9.80 Å². The van der Waals surface area contributed by atoms with E-state index in [0.717, 1.165) is 37.9 Å². The molecule has 4 nitrogen and oxygen atoms in total. The standard InChI is InChI=1S/C15H16ClF3N4S/c16-14-13(20-21-24-14)10-23-6-4-22(5-7-23)9-11-2-1-3-12(8-11)15(17,18)19/h1-3,8H,4-7,9-10H2. The van der Waals surface area contributed by atoms with Gasteiger partial charge in [0.1, 0.15) is 10.0 Å². The maximum absolute atomic E-state index is 12.8. The number of rotatable bonds is 4. The van der Waals surface area contributed by atoms with Crippen LogP contribution in [0.25, 0.3) is 0 Å². The van der Waals surface area contributed by atoms with E-state index in [1.54, 1.807) is 6.07 Å². The molecule has 0 aliphatic carbocycles. The van der Waals surface area contributed by atoms with Crippen LogP contribution in [0, 0.1) is 0 Å². The van der Waals surface area contributed by atoms with E-state index in [9.17, 15) is 13.2 Å². The highest BCUT2D eigenvalue weighted by Gasteiger charge is 2.30. The average Bonchev–Trinajstić information content (AvgIpc) is 2.94. The summed E-state index contributed by atoms with van der Waals surface area (Å²) in [5.41, 5.74) is 0.877. The summed E-state index contributed by atoms with van der Waals surface area (Å²) in [7, 11) is 0. The molecule has 1 aromatic carbocycles. The van der Waals surface area contributed by atoms with E-state index in [1.165, 1.54) is 23.7 Å². The molecule has 0 radical (unpaired) electrons. The van der Waals surface area contributed by atoms with Gasteiger partial charge >= 0.3 is 6.18 Å². The zero-order chi connectivity index (χ0) is 17.2. The zero-order valence-corrected chi connectivity index (χ0v) is 14.3. The number of piperazine rings is 1. The van der Waals surface area contributed by atoms with Crippen molar-refractivity contribution in [1.82, 2.24) is 19.4 Å². The number of aromatic nitrogens is 2. The molecule has 2 heterocycles. The fraction of sp³-hybridized carbons (Fsp3) is 0.467. The molecule has 1 fully saturated rings. The molecule has 0 amide bonds. The van der Waals surface area contributed by atoms with E-state index >= 15 is 0 Å². The molecule has 1 aromatic heterocycles. The van der Waals surface area contributed by atoms with Crippen LogP contribution in [0.4, 0.5) is 13.2 Å². The largest absolute Gasteiger partial charge is 0.416 e. The van der Waals surface area contributed by atoms with Gasteiger partial charge in [0.25, 0.3) is 0 Å². The summed E-state index contributed by atoms with van der Waals surface area (Å²) in [6, 6.07) is 5.54. The van der Waals surface area contributed by atoms with Crippen molar-refractivity contribution in [2.75, 3.05) is 26.2 Å². The lowest BCUT2D eigenvalue weighted by molar-refractivity contribution is -0.137. The van der Waals surface area contributed by atoms with Gasteiger partial charge in [-0.1, -0.05) is 34.3 Å². The molecule has 0 spiro atoms. The molecule has 3 rings (SSSR count). The highest BCUT2D eigenvalue weighted by Crippen LogP contribution is 2.29. The van der Waals surface area contributed by atoms with Gasteiger partial charge in [0.2, 0.25) is 0 Å². The highest BCUT2D eigenvalue weighted by atomic mass is 35.5. The van der Waals surface area contributed by atoms with E-state index in [4.69, 9.17) is 11.6 Å². The third-order valence-electron chi connectivity index (χ3n) is 4.01. The summed E-state index contributed by atoms with van der Waals surface area (Å²) in [5.74, 6) is 0. The molecule has 0 N–H and O–H groups in total. The molecule has 1 aliphatic heterocycles. The second-order valence-electron chi connectivity index (χ2n) is 5.74. The van der Waals surface area contributed by atoms with Crippen LogP contribution >= 0.6 is 23.1 Å². The first-order chi connectivity index (χ1) is 11.4. The quantitative estimate of drug-likeness (QED) is 0.817. The molecule has 1 saturated heterocycles. The van der Waals surface area contributed by atoms with Gasteiger partial charge in [-0.25, -0.2) is 0 Å². The Morgan fingerprint density at radius 2 is 1.75 bits per heavy atom. The van der Waals surface area contributed by atoms with Crippen molar-refractivity contribution in [2.24, 2.45) is 0 Å². The van der Waals surface area contributed by atoms with E-state index in [-0.39, 0.29) is 0 Å². The van der Waals surface area contributed by atoms with Crippen molar-refractivity contribution in [2.45, 2.75) is 19.3 Å². The fourth-order valence-electron chi connectivity index (χ4n) is 2.71. The van der Waals surface area contributed by atoms with E-state index < -0.39 is 11.7 Å². The molecule has 2 aromatic rings. The maximum Gasteiger partial charge on any atom is 0.416 e. The number of hydrogen-bond acceptors (Lipinski definition) is 5. The molecule has 9 heteroatoms. The minimum absolute atomic E-state index is 0.525. The van der Waals surface area contributed by atoms with Crippen molar-refractivity contribution < 1.29 is 13.2 Å². The predicted octanol–water partition coefficient (Wildman–Crippen LogP) is 3.53. The maximum atomic E-state index is 12.8. The minimum atomic E-state index is -4.30. The normalized spacial score (nSPS) is 17.3. The zero-order valence-electron chi connectivity index (χ0n) is 12.8. The third kappa shape index (κ3) is 4.44. The summed E-state index contributed by atoms with van der Waals surface area (Å²) < 4.78 is 42.7. The number of benzene rings is 1. The Morgan fingerprint density at radius 1 is 1.08 bits per heavy atom. The first kappa shape index (κ1) is 17.6. The second-order valence-corrected chi connectivity index (χ2v) is 7.10. The fourth-order valence-corrected chi connectivity index (χ4v) is 3.32. The Morgan fingerprint density at radius 3 is 2.33 bits per heavy atom. The molecule has 24 heavy (non-hydrogen) atoms. The number of hydrogen-bond donors (Lipinski definition) is 0. The number of nitrogens with zero attached hydrogens (tertiary/aromatic N) is 4. The monoisotopic (exact) mass is 376 g/mol. The molecule has 0 bridgehead atoms. The van der Waals surface area contributed by atoms with Gasteiger partial charge in [0.15, 0.2) is 0 Å². The van der Waals surface area contributed by atoms with Crippen molar-refractivity contribution >= 4 is 23.1 Å². The minimum Gasteiger partial charge on any atom is -0.297 e. The first-order valence-corrected chi connectivity index (χ1v) is 8.64. The van der Waals surface area contributed by atoms with Crippen LogP contribution in [0.5, 0.6) is 0 Å². The average molecular weight is 377 g/mol. The summed E-state index contributed by atoms with van der Waals surface area (Å²) in [6.07, 6.45) is -4.30. The topological polar surface area (TPSA) is 32.3 Å². The second kappa shape index (κ2) is 7.35. The summed E-state index contributed by atoms with van der Waals surface area (Å²) in [5, 5.41) is 4.00. The van der Waals surface area contributed by atoms with Crippen LogP contribution in [0.15, 0.2) is 24.3 Å². The smallest absolute Gasteiger partial charge is 0.297 e.